The molecular weight excluding hydrogens is 347 g/mol. The Balaban J connectivity index is 2.41. The quantitative estimate of drug-likeness (QED) is 0.464. The number of hydrogen-bond acceptors (Lipinski definition) is 3. The van der Waals surface area contributed by atoms with Gasteiger partial charge in [0.25, 0.3) is 5.91 Å². The molecular formula is C12H17IN2OS. The molecule has 3 nitrogen and oxygen atoms in total. The minimum Gasteiger partial charge on any atom is -0.399 e. The smallest absolute Gasteiger partial charge is 0.251 e. The summed E-state index contributed by atoms with van der Waals surface area (Å²) in [6, 6.07) is 5.39. The molecule has 0 unspecified atom stereocenters. The van der Waals surface area contributed by atoms with Gasteiger partial charge in [0.1, 0.15) is 0 Å². The lowest BCUT2D eigenvalue weighted by atomic mass is 10.2. The largest absolute Gasteiger partial charge is 0.399 e. The number of halogens is 1. The minimum absolute atomic E-state index is 0.0447. The van der Waals surface area contributed by atoms with Crippen LogP contribution in [0.25, 0.3) is 0 Å². The van der Waals surface area contributed by atoms with Crippen LogP contribution < -0.4 is 11.1 Å². The molecule has 0 spiro atoms. The van der Waals surface area contributed by atoms with Crippen molar-refractivity contribution in [1.29, 1.82) is 0 Å². The number of carbonyl (C=O) groups is 1. The molecule has 0 aromatic heterocycles. The topological polar surface area (TPSA) is 55.1 Å². The SMILES string of the molecule is CCSCCCNC(=O)c1cc(N)cc(I)c1. The summed E-state index contributed by atoms with van der Waals surface area (Å²) in [4.78, 5) is 11.8. The van der Waals surface area contributed by atoms with Gasteiger partial charge in [0.15, 0.2) is 0 Å². The number of thioether (sulfide) groups is 1. The van der Waals surface area contributed by atoms with Crippen molar-refractivity contribution in [2.45, 2.75) is 13.3 Å². The highest BCUT2D eigenvalue weighted by atomic mass is 127. The summed E-state index contributed by atoms with van der Waals surface area (Å²) in [7, 11) is 0. The van der Waals surface area contributed by atoms with E-state index in [9.17, 15) is 4.79 Å². The Kier molecular flexibility index (Phi) is 6.72. The summed E-state index contributed by atoms with van der Waals surface area (Å²) < 4.78 is 0.981. The maximum absolute atomic E-state index is 11.8. The molecule has 1 amide bonds. The third-order valence-corrected chi connectivity index (χ3v) is 3.75. The summed E-state index contributed by atoms with van der Waals surface area (Å²) >= 11 is 4.05. The first-order chi connectivity index (χ1) is 8.13. The van der Waals surface area contributed by atoms with Crippen LogP contribution in [-0.2, 0) is 0 Å². The Hall–Kier alpha value is -0.430. The molecule has 0 fully saturated rings. The maximum atomic E-state index is 11.8. The third kappa shape index (κ3) is 5.63. The van der Waals surface area contributed by atoms with E-state index < -0.39 is 0 Å². The Bertz CT molecular complexity index is 365. The molecule has 1 rings (SSSR count). The van der Waals surface area contributed by atoms with Crippen LogP contribution in [0.3, 0.4) is 0 Å². The number of nitrogen functional groups attached to an aromatic ring is 1. The van der Waals surface area contributed by atoms with Gasteiger partial charge in [0.05, 0.1) is 0 Å². The van der Waals surface area contributed by atoms with E-state index in [0.717, 1.165) is 28.0 Å². The van der Waals surface area contributed by atoms with Crippen LogP contribution >= 0.6 is 34.4 Å². The van der Waals surface area contributed by atoms with Gasteiger partial charge in [0.2, 0.25) is 0 Å². The van der Waals surface area contributed by atoms with Crippen molar-refractivity contribution in [3.63, 3.8) is 0 Å². The van der Waals surface area contributed by atoms with Gasteiger partial charge in [-0.25, -0.2) is 0 Å². The van der Waals surface area contributed by atoms with Crippen LogP contribution in [0.1, 0.15) is 23.7 Å². The molecule has 0 aliphatic carbocycles. The third-order valence-electron chi connectivity index (χ3n) is 2.14. The van der Waals surface area contributed by atoms with E-state index in [2.05, 4.69) is 34.8 Å². The van der Waals surface area contributed by atoms with Gasteiger partial charge in [-0.3, -0.25) is 4.79 Å². The number of nitrogens with two attached hydrogens (primary N) is 1. The second-order valence-corrected chi connectivity index (χ2v) is 6.22. The lowest BCUT2D eigenvalue weighted by molar-refractivity contribution is 0.0954. The summed E-state index contributed by atoms with van der Waals surface area (Å²) in [6.45, 7) is 2.86. The van der Waals surface area contributed by atoms with E-state index in [4.69, 9.17) is 5.73 Å². The zero-order chi connectivity index (χ0) is 12.7. The average molecular weight is 364 g/mol. The highest BCUT2D eigenvalue weighted by Gasteiger charge is 2.06. The average Bonchev–Trinajstić information content (AvgIpc) is 2.27. The van der Waals surface area contributed by atoms with E-state index in [1.807, 2.05) is 23.9 Å². The Morgan fingerprint density at radius 3 is 2.88 bits per heavy atom. The highest BCUT2D eigenvalue weighted by molar-refractivity contribution is 14.1. The van der Waals surface area contributed by atoms with Crippen LogP contribution in [0.4, 0.5) is 5.69 Å². The van der Waals surface area contributed by atoms with Gasteiger partial charge >= 0.3 is 0 Å². The Labute approximate surface area is 120 Å². The Morgan fingerprint density at radius 2 is 2.24 bits per heavy atom. The van der Waals surface area contributed by atoms with Gasteiger partial charge in [0, 0.05) is 21.4 Å². The van der Waals surface area contributed by atoms with Crippen molar-refractivity contribution >= 4 is 45.9 Å². The highest BCUT2D eigenvalue weighted by Crippen LogP contribution is 2.13. The van der Waals surface area contributed by atoms with E-state index in [1.54, 1.807) is 6.07 Å². The summed E-state index contributed by atoms with van der Waals surface area (Å²) in [5.74, 6) is 2.17. The first-order valence-corrected chi connectivity index (χ1v) is 7.79. The van der Waals surface area contributed by atoms with Crippen LogP contribution in [0, 0.1) is 3.57 Å². The molecule has 0 radical (unpaired) electrons. The van der Waals surface area contributed by atoms with Crippen molar-refractivity contribution in [2.75, 3.05) is 23.8 Å². The number of rotatable bonds is 6. The summed E-state index contributed by atoms with van der Waals surface area (Å²) in [6.07, 6.45) is 1.00. The van der Waals surface area contributed by atoms with E-state index in [1.165, 1.54) is 0 Å². The number of carbonyl (C=O) groups excluding carboxylic acids is 1. The van der Waals surface area contributed by atoms with Crippen molar-refractivity contribution in [1.82, 2.24) is 5.32 Å². The van der Waals surface area contributed by atoms with Gasteiger partial charge < -0.3 is 11.1 Å². The van der Waals surface area contributed by atoms with E-state index in [-0.39, 0.29) is 5.91 Å². The lowest BCUT2D eigenvalue weighted by Gasteiger charge is -2.06. The zero-order valence-corrected chi connectivity index (χ0v) is 12.8. The number of anilines is 1. The summed E-state index contributed by atoms with van der Waals surface area (Å²) in [5, 5.41) is 2.90. The number of nitrogens with one attached hydrogen (secondary N) is 1. The fourth-order valence-corrected chi connectivity index (χ4v) is 2.70. The molecule has 1 aromatic rings. The van der Waals surface area contributed by atoms with Crippen molar-refractivity contribution < 1.29 is 4.79 Å². The van der Waals surface area contributed by atoms with Crippen LogP contribution in [0.2, 0.25) is 0 Å². The van der Waals surface area contributed by atoms with E-state index in [0.29, 0.717) is 11.3 Å². The van der Waals surface area contributed by atoms with E-state index >= 15 is 0 Å². The second-order valence-electron chi connectivity index (χ2n) is 3.58. The molecule has 3 N–H and O–H groups in total. The molecule has 0 saturated heterocycles. The molecule has 1 aromatic carbocycles. The predicted octanol–water partition coefficient (Wildman–Crippen LogP) is 2.75. The molecule has 0 bridgehead atoms. The first-order valence-electron chi connectivity index (χ1n) is 5.55. The van der Waals surface area contributed by atoms with Gasteiger partial charge in [-0.2, -0.15) is 11.8 Å². The summed E-state index contributed by atoms with van der Waals surface area (Å²) in [5.41, 5.74) is 6.97. The fourth-order valence-electron chi connectivity index (χ4n) is 1.37. The van der Waals surface area contributed by atoms with Crippen LogP contribution in [0.5, 0.6) is 0 Å². The zero-order valence-electron chi connectivity index (χ0n) is 9.83. The minimum atomic E-state index is -0.0447. The van der Waals surface area contributed by atoms with Crippen molar-refractivity contribution in [3.8, 4) is 0 Å². The molecule has 0 aliphatic rings. The Morgan fingerprint density at radius 1 is 1.47 bits per heavy atom. The molecule has 5 heteroatoms. The molecule has 0 heterocycles. The van der Waals surface area contributed by atoms with Gasteiger partial charge in [-0.15, -0.1) is 0 Å². The number of benzene rings is 1. The second kappa shape index (κ2) is 7.81. The van der Waals surface area contributed by atoms with Crippen molar-refractivity contribution in [2.24, 2.45) is 0 Å². The molecule has 0 aliphatic heterocycles. The molecule has 0 saturated carbocycles. The normalized spacial score (nSPS) is 10.2. The number of amides is 1. The molecule has 94 valence electrons. The van der Waals surface area contributed by atoms with Crippen LogP contribution in [0.15, 0.2) is 18.2 Å². The lowest BCUT2D eigenvalue weighted by Crippen LogP contribution is -2.25. The van der Waals surface area contributed by atoms with Crippen LogP contribution in [-0.4, -0.2) is 24.0 Å². The maximum Gasteiger partial charge on any atom is 0.251 e. The van der Waals surface area contributed by atoms with Crippen molar-refractivity contribution in [3.05, 3.63) is 27.3 Å². The van der Waals surface area contributed by atoms with Gasteiger partial charge in [-0.1, -0.05) is 6.92 Å². The fraction of sp³-hybridized carbons (Fsp3) is 0.417. The standard InChI is InChI=1S/C12H17IN2OS/c1-2-17-5-3-4-15-12(16)9-6-10(13)8-11(14)7-9/h6-8H,2-5,14H2,1H3,(H,15,16). The first kappa shape index (κ1) is 14.6. The molecule has 0 atom stereocenters. The monoisotopic (exact) mass is 364 g/mol. The predicted molar refractivity (Wildman–Crippen MR) is 83.5 cm³/mol. The van der Waals surface area contributed by atoms with Gasteiger partial charge in [-0.05, 0) is 58.7 Å². The number of hydrogen-bond donors (Lipinski definition) is 2. The molecule has 17 heavy (non-hydrogen) atoms.